The van der Waals surface area contributed by atoms with E-state index >= 15 is 0 Å². The Labute approximate surface area is 180 Å². The second-order valence-electron chi connectivity index (χ2n) is 5.96. The molecule has 0 spiro atoms. The van der Waals surface area contributed by atoms with Gasteiger partial charge < -0.3 is 10.1 Å². The molecule has 32 heavy (non-hydrogen) atoms. The molecule has 0 radical (unpaired) electrons. The number of carbonyl (C=O) groups is 2. The van der Waals surface area contributed by atoms with E-state index in [4.69, 9.17) is 11.6 Å². The number of amides is 2. The van der Waals surface area contributed by atoms with Crippen LogP contribution in [0.4, 0.5) is 36.4 Å². The number of hydrogen-bond acceptors (Lipinski definition) is 5. The molecule has 1 N–H and O–H groups in total. The molecule has 0 unspecified atom stereocenters. The lowest BCUT2D eigenvalue weighted by Crippen LogP contribution is -2.47. The van der Waals surface area contributed by atoms with Crippen molar-refractivity contribution in [1.29, 1.82) is 0 Å². The van der Waals surface area contributed by atoms with Crippen LogP contribution in [-0.2, 0) is 9.59 Å². The molecule has 0 aliphatic heterocycles. The number of alkyl halides is 8. The molecule has 7 nitrogen and oxygen atoms in total. The van der Waals surface area contributed by atoms with Crippen LogP contribution in [-0.4, -0.2) is 46.5 Å². The third kappa shape index (κ3) is 7.21. The van der Waals surface area contributed by atoms with Crippen LogP contribution in [0.25, 0.3) is 0 Å². The zero-order valence-electron chi connectivity index (χ0n) is 15.5. The molecule has 1 heterocycles. The second-order valence-corrected chi connectivity index (χ2v) is 6.34. The first-order valence-electron chi connectivity index (χ1n) is 8.35. The minimum Gasteiger partial charge on any atom is -0.406 e. The molecule has 1 aromatic carbocycles. The van der Waals surface area contributed by atoms with Gasteiger partial charge in [-0.25, -0.2) is 14.4 Å². The fourth-order valence-electron chi connectivity index (χ4n) is 2.47. The number of benzene rings is 1. The van der Waals surface area contributed by atoms with Crippen LogP contribution < -0.4 is 15.0 Å². The minimum atomic E-state index is -5.03. The third-order valence-electron chi connectivity index (χ3n) is 3.64. The number of anilines is 1. The summed E-state index contributed by atoms with van der Waals surface area (Å²) in [7, 11) is 0. The van der Waals surface area contributed by atoms with E-state index in [2.05, 4.69) is 14.7 Å². The van der Waals surface area contributed by atoms with Crippen LogP contribution >= 0.6 is 11.6 Å². The van der Waals surface area contributed by atoms with Crippen molar-refractivity contribution in [1.82, 2.24) is 15.3 Å². The standard InChI is InChI=1S/C17H12ClF7N4O3/c18-13(19)15(31)29(10-1-3-11(4-2-10)32-17(23,24)25)12(9-5-26-8-27-6-9)14(30)28-7-16(20,21)22/h1-6,8,12-13H,7H2,(H,28,30)/t12-,13+/m1/s1. The Hall–Kier alpha value is -3.16. The van der Waals surface area contributed by atoms with Gasteiger partial charge in [0.25, 0.3) is 11.5 Å². The molecule has 2 aromatic rings. The van der Waals surface area contributed by atoms with E-state index in [1.54, 1.807) is 5.32 Å². The van der Waals surface area contributed by atoms with Gasteiger partial charge in [0.15, 0.2) is 0 Å². The molecule has 1 aromatic heterocycles. The highest BCUT2D eigenvalue weighted by Crippen LogP contribution is 2.32. The van der Waals surface area contributed by atoms with E-state index in [0.29, 0.717) is 4.90 Å². The predicted octanol–water partition coefficient (Wildman–Crippen LogP) is 3.66. The molecule has 0 saturated heterocycles. The van der Waals surface area contributed by atoms with Crippen LogP contribution in [0.2, 0.25) is 0 Å². The molecular weight excluding hydrogens is 477 g/mol. The van der Waals surface area contributed by atoms with Gasteiger partial charge in [0.1, 0.15) is 24.7 Å². The maximum Gasteiger partial charge on any atom is 0.573 e. The van der Waals surface area contributed by atoms with Crippen molar-refractivity contribution in [3.8, 4) is 5.75 Å². The molecule has 174 valence electrons. The van der Waals surface area contributed by atoms with Gasteiger partial charge in [-0.2, -0.15) is 13.2 Å². The van der Waals surface area contributed by atoms with Gasteiger partial charge >= 0.3 is 12.5 Å². The zero-order valence-corrected chi connectivity index (χ0v) is 16.2. The minimum absolute atomic E-state index is 0.228. The highest BCUT2D eigenvalue weighted by molar-refractivity contribution is 6.32. The van der Waals surface area contributed by atoms with E-state index in [-0.39, 0.29) is 11.3 Å². The van der Waals surface area contributed by atoms with Gasteiger partial charge in [-0.3, -0.25) is 14.5 Å². The number of halogens is 8. The Bertz CT molecular complexity index is 924. The Morgan fingerprint density at radius 1 is 1.06 bits per heavy atom. The van der Waals surface area contributed by atoms with Gasteiger partial charge in [-0.15, -0.1) is 13.2 Å². The van der Waals surface area contributed by atoms with Crippen molar-refractivity contribution >= 4 is 29.1 Å². The number of carbonyl (C=O) groups excluding carboxylic acids is 2. The lowest BCUT2D eigenvalue weighted by Gasteiger charge is -2.31. The van der Waals surface area contributed by atoms with Gasteiger partial charge in [0.2, 0.25) is 5.91 Å². The molecule has 0 saturated carbocycles. The first-order valence-corrected chi connectivity index (χ1v) is 8.78. The maximum absolute atomic E-state index is 13.7. The van der Waals surface area contributed by atoms with E-state index in [1.165, 1.54) is 0 Å². The monoisotopic (exact) mass is 488 g/mol. The zero-order chi connectivity index (χ0) is 24.1. The Morgan fingerprint density at radius 3 is 2.09 bits per heavy atom. The van der Waals surface area contributed by atoms with Crippen LogP contribution in [0.1, 0.15) is 11.6 Å². The maximum atomic E-state index is 13.7. The summed E-state index contributed by atoms with van der Waals surface area (Å²) >= 11 is 5.20. The first-order chi connectivity index (χ1) is 14.8. The average molecular weight is 489 g/mol. The smallest absolute Gasteiger partial charge is 0.406 e. The number of nitrogens with one attached hydrogen (secondary N) is 1. The van der Waals surface area contributed by atoms with E-state index in [1.807, 2.05) is 0 Å². The molecule has 2 amide bonds. The van der Waals surface area contributed by atoms with Crippen molar-refractivity contribution in [2.24, 2.45) is 0 Å². The van der Waals surface area contributed by atoms with Gasteiger partial charge in [-0.05, 0) is 24.3 Å². The molecule has 0 bridgehead atoms. The number of ether oxygens (including phenoxy) is 1. The Morgan fingerprint density at radius 2 is 1.62 bits per heavy atom. The Balaban J connectivity index is 2.51. The van der Waals surface area contributed by atoms with Crippen molar-refractivity contribution in [2.75, 3.05) is 11.4 Å². The largest absolute Gasteiger partial charge is 0.573 e. The summed E-state index contributed by atoms with van der Waals surface area (Å²) in [6.45, 7) is -1.78. The van der Waals surface area contributed by atoms with Gasteiger partial charge in [0.05, 0.1) is 0 Å². The normalized spacial score (nSPS) is 13.8. The number of aromatic nitrogens is 2. The SMILES string of the molecule is O=C(NCC(F)(F)F)[C@@H](c1cncnc1)N(C(=O)[C@H](F)Cl)c1ccc(OC(F)(F)F)cc1. The fourth-order valence-corrected chi connectivity index (χ4v) is 2.58. The lowest BCUT2D eigenvalue weighted by molar-refractivity contribution is -0.274. The summed E-state index contributed by atoms with van der Waals surface area (Å²) in [5, 5.41) is 1.56. The summed E-state index contributed by atoms with van der Waals surface area (Å²) in [5.41, 5.74) is -3.35. The number of nitrogens with zero attached hydrogens (tertiary/aromatic N) is 3. The molecule has 0 aliphatic rings. The van der Waals surface area contributed by atoms with E-state index < -0.39 is 48.3 Å². The van der Waals surface area contributed by atoms with Crippen molar-refractivity contribution in [3.63, 3.8) is 0 Å². The summed E-state index contributed by atoms with van der Waals surface area (Å²) in [5.74, 6) is -3.69. The molecular formula is C17H12ClF7N4O3. The molecule has 0 aliphatic carbocycles. The fraction of sp³-hybridized carbons (Fsp3) is 0.294. The van der Waals surface area contributed by atoms with E-state index in [0.717, 1.165) is 43.0 Å². The molecule has 0 fully saturated rings. The number of rotatable bonds is 7. The van der Waals surface area contributed by atoms with Crippen molar-refractivity contribution in [3.05, 3.63) is 48.5 Å². The third-order valence-corrected chi connectivity index (χ3v) is 3.83. The average Bonchev–Trinajstić information content (AvgIpc) is 2.69. The highest BCUT2D eigenvalue weighted by atomic mass is 35.5. The highest BCUT2D eigenvalue weighted by Gasteiger charge is 2.38. The summed E-state index contributed by atoms with van der Waals surface area (Å²) in [6, 6.07) is 1.25. The number of hydrogen-bond donors (Lipinski definition) is 1. The molecule has 2 rings (SSSR count). The van der Waals surface area contributed by atoms with E-state index in [9.17, 15) is 40.3 Å². The lowest BCUT2D eigenvalue weighted by atomic mass is 10.1. The van der Waals surface area contributed by atoms with Crippen molar-refractivity contribution in [2.45, 2.75) is 24.2 Å². The molecule has 2 atom stereocenters. The van der Waals surface area contributed by atoms with Gasteiger partial charge in [-0.1, -0.05) is 11.6 Å². The van der Waals surface area contributed by atoms with Crippen LogP contribution in [0.5, 0.6) is 5.75 Å². The van der Waals surface area contributed by atoms with Gasteiger partial charge in [0, 0.05) is 23.6 Å². The second kappa shape index (κ2) is 9.97. The van der Waals surface area contributed by atoms with Crippen LogP contribution in [0.3, 0.4) is 0 Å². The summed E-state index contributed by atoms with van der Waals surface area (Å²) < 4.78 is 92.2. The molecule has 15 heteroatoms. The quantitative estimate of drug-likeness (QED) is 0.475. The van der Waals surface area contributed by atoms with Crippen LogP contribution in [0, 0.1) is 0 Å². The Kier molecular flexibility index (Phi) is 7.83. The van der Waals surface area contributed by atoms with Crippen molar-refractivity contribution < 1.29 is 45.1 Å². The van der Waals surface area contributed by atoms with Crippen LogP contribution in [0.15, 0.2) is 43.0 Å². The summed E-state index contributed by atoms with van der Waals surface area (Å²) in [6.07, 6.45) is -6.86. The first kappa shape index (κ1) is 25.1. The topological polar surface area (TPSA) is 84.4 Å². The summed E-state index contributed by atoms with van der Waals surface area (Å²) in [4.78, 5) is 32.6. The predicted molar refractivity (Wildman–Crippen MR) is 95.2 cm³/mol.